The molecule has 0 fully saturated rings. The number of methoxy groups -OCH3 is 2. The quantitative estimate of drug-likeness (QED) is 0.841. The maximum absolute atomic E-state index is 12.6. The highest BCUT2D eigenvalue weighted by Gasteiger charge is 2.16. The van der Waals surface area contributed by atoms with Crippen molar-refractivity contribution >= 4 is 5.91 Å². The molecule has 2 rings (SSSR count). The summed E-state index contributed by atoms with van der Waals surface area (Å²) >= 11 is 0. The van der Waals surface area contributed by atoms with Gasteiger partial charge >= 0.3 is 0 Å². The van der Waals surface area contributed by atoms with Gasteiger partial charge in [-0.2, -0.15) is 0 Å². The monoisotopic (exact) mass is 313 g/mol. The number of hydrogen-bond donors (Lipinski definition) is 1. The molecule has 0 aromatic heterocycles. The molecule has 2 aromatic carbocycles. The fourth-order valence-electron chi connectivity index (χ4n) is 2.52. The first-order valence-corrected chi connectivity index (χ1v) is 7.77. The zero-order valence-corrected chi connectivity index (χ0v) is 13.8. The third-order valence-corrected chi connectivity index (χ3v) is 3.73. The van der Waals surface area contributed by atoms with Crippen molar-refractivity contribution in [1.29, 1.82) is 0 Å². The van der Waals surface area contributed by atoms with Gasteiger partial charge in [0.2, 0.25) is 0 Å². The summed E-state index contributed by atoms with van der Waals surface area (Å²) in [6, 6.07) is 15.2. The van der Waals surface area contributed by atoms with Crippen molar-refractivity contribution in [2.45, 2.75) is 25.8 Å². The lowest BCUT2D eigenvalue weighted by Crippen LogP contribution is -2.28. The largest absolute Gasteiger partial charge is 0.493 e. The van der Waals surface area contributed by atoms with Crippen LogP contribution in [0.4, 0.5) is 0 Å². The van der Waals surface area contributed by atoms with Gasteiger partial charge in [0.1, 0.15) is 0 Å². The summed E-state index contributed by atoms with van der Waals surface area (Å²) in [5, 5.41) is 3.10. The van der Waals surface area contributed by atoms with E-state index in [-0.39, 0.29) is 11.9 Å². The van der Waals surface area contributed by atoms with E-state index in [1.807, 2.05) is 30.3 Å². The molecular formula is C19H23NO3. The zero-order chi connectivity index (χ0) is 16.7. The van der Waals surface area contributed by atoms with Gasteiger partial charge in [-0.1, -0.05) is 43.7 Å². The van der Waals surface area contributed by atoms with E-state index in [1.165, 1.54) is 0 Å². The smallest absolute Gasteiger partial charge is 0.251 e. The standard InChI is InChI=1S/C19H23NO3/c1-4-8-16(14-9-6-5-7-10-14)20-19(21)15-11-12-17(22-2)18(13-15)23-3/h5-7,9-13,16H,4,8H2,1-3H3,(H,20,21)/t16-/m0/s1. The van der Waals surface area contributed by atoms with Gasteiger partial charge in [-0.25, -0.2) is 0 Å². The number of carbonyl (C=O) groups excluding carboxylic acids is 1. The summed E-state index contributed by atoms with van der Waals surface area (Å²) in [6.07, 6.45) is 1.88. The van der Waals surface area contributed by atoms with Gasteiger partial charge in [0, 0.05) is 5.56 Å². The molecule has 122 valence electrons. The normalized spacial score (nSPS) is 11.6. The first-order valence-electron chi connectivity index (χ1n) is 7.77. The fourth-order valence-corrected chi connectivity index (χ4v) is 2.52. The second-order valence-electron chi connectivity index (χ2n) is 5.30. The number of rotatable bonds is 7. The molecule has 0 spiro atoms. The highest BCUT2D eigenvalue weighted by molar-refractivity contribution is 5.95. The molecule has 1 amide bonds. The molecule has 23 heavy (non-hydrogen) atoms. The second-order valence-corrected chi connectivity index (χ2v) is 5.30. The summed E-state index contributed by atoms with van der Waals surface area (Å²) < 4.78 is 10.5. The number of ether oxygens (including phenoxy) is 2. The van der Waals surface area contributed by atoms with Gasteiger partial charge in [-0.05, 0) is 30.2 Å². The van der Waals surface area contributed by atoms with E-state index in [1.54, 1.807) is 32.4 Å². The number of carbonyl (C=O) groups is 1. The topological polar surface area (TPSA) is 47.6 Å². The molecule has 0 aliphatic heterocycles. The Morgan fingerprint density at radius 1 is 1.04 bits per heavy atom. The van der Waals surface area contributed by atoms with Crippen LogP contribution in [-0.4, -0.2) is 20.1 Å². The lowest BCUT2D eigenvalue weighted by molar-refractivity contribution is 0.0934. The molecule has 4 nitrogen and oxygen atoms in total. The lowest BCUT2D eigenvalue weighted by Gasteiger charge is -2.19. The summed E-state index contributed by atoms with van der Waals surface area (Å²) in [4.78, 5) is 12.6. The maximum Gasteiger partial charge on any atom is 0.251 e. The average molecular weight is 313 g/mol. The first kappa shape index (κ1) is 16.9. The molecular weight excluding hydrogens is 290 g/mol. The predicted octanol–water partition coefficient (Wildman–Crippen LogP) is 3.98. The molecule has 0 saturated heterocycles. The summed E-state index contributed by atoms with van der Waals surface area (Å²) in [6.45, 7) is 2.11. The molecule has 4 heteroatoms. The summed E-state index contributed by atoms with van der Waals surface area (Å²) in [7, 11) is 3.13. The van der Waals surface area contributed by atoms with Gasteiger partial charge in [-0.3, -0.25) is 4.79 Å². The van der Waals surface area contributed by atoms with Crippen LogP contribution in [0.2, 0.25) is 0 Å². The van der Waals surface area contributed by atoms with Gasteiger partial charge in [0.15, 0.2) is 11.5 Å². The van der Waals surface area contributed by atoms with Crippen LogP contribution < -0.4 is 14.8 Å². The number of nitrogens with one attached hydrogen (secondary N) is 1. The molecule has 0 heterocycles. The van der Waals surface area contributed by atoms with Crippen molar-refractivity contribution in [2.75, 3.05) is 14.2 Å². The molecule has 0 aliphatic rings. The molecule has 0 unspecified atom stereocenters. The zero-order valence-electron chi connectivity index (χ0n) is 13.8. The minimum Gasteiger partial charge on any atom is -0.493 e. The van der Waals surface area contributed by atoms with E-state index in [9.17, 15) is 4.79 Å². The summed E-state index contributed by atoms with van der Waals surface area (Å²) in [5.74, 6) is 1.04. The minimum atomic E-state index is -0.117. The molecule has 0 radical (unpaired) electrons. The fraction of sp³-hybridized carbons (Fsp3) is 0.316. The second kappa shape index (κ2) is 8.22. The third-order valence-electron chi connectivity index (χ3n) is 3.73. The van der Waals surface area contributed by atoms with Crippen LogP contribution in [0.3, 0.4) is 0 Å². The Morgan fingerprint density at radius 3 is 2.35 bits per heavy atom. The van der Waals surface area contributed by atoms with Crippen molar-refractivity contribution in [2.24, 2.45) is 0 Å². The van der Waals surface area contributed by atoms with Crippen molar-refractivity contribution in [3.8, 4) is 11.5 Å². The molecule has 0 aliphatic carbocycles. The minimum absolute atomic E-state index is 0.00166. The van der Waals surface area contributed by atoms with Crippen LogP contribution in [0.15, 0.2) is 48.5 Å². The van der Waals surface area contributed by atoms with E-state index in [4.69, 9.17) is 9.47 Å². The Balaban J connectivity index is 2.19. The van der Waals surface area contributed by atoms with Crippen LogP contribution in [0.25, 0.3) is 0 Å². The van der Waals surface area contributed by atoms with Gasteiger partial charge in [-0.15, -0.1) is 0 Å². The van der Waals surface area contributed by atoms with Crippen molar-refractivity contribution in [3.05, 3.63) is 59.7 Å². The van der Waals surface area contributed by atoms with Crippen LogP contribution in [0.5, 0.6) is 11.5 Å². The van der Waals surface area contributed by atoms with E-state index in [0.29, 0.717) is 17.1 Å². The van der Waals surface area contributed by atoms with E-state index in [2.05, 4.69) is 12.2 Å². The number of benzene rings is 2. The molecule has 1 N–H and O–H groups in total. The summed E-state index contributed by atoms with van der Waals surface area (Å²) in [5.41, 5.74) is 1.67. The Hall–Kier alpha value is -2.49. The molecule has 0 bridgehead atoms. The van der Waals surface area contributed by atoms with E-state index < -0.39 is 0 Å². The van der Waals surface area contributed by atoms with Crippen LogP contribution in [0, 0.1) is 0 Å². The van der Waals surface area contributed by atoms with Crippen molar-refractivity contribution in [1.82, 2.24) is 5.32 Å². The maximum atomic E-state index is 12.6. The lowest BCUT2D eigenvalue weighted by atomic mass is 10.0. The Kier molecular flexibility index (Phi) is 6.03. The average Bonchev–Trinajstić information content (AvgIpc) is 2.61. The van der Waals surface area contributed by atoms with Crippen LogP contribution in [-0.2, 0) is 0 Å². The van der Waals surface area contributed by atoms with Gasteiger partial charge < -0.3 is 14.8 Å². The first-order chi connectivity index (χ1) is 11.2. The highest BCUT2D eigenvalue weighted by Crippen LogP contribution is 2.28. The van der Waals surface area contributed by atoms with Crippen molar-refractivity contribution in [3.63, 3.8) is 0 Å². The molecule has 1 atom stereocenters. The Morgan fingerprint density at radius 2 is 1.74 bits per heavy atom. The number of hydrogen-bond acceptors (Lipinski definition) is 3. The highest BCUT2D eigenvalue weighted by atomic mass is 16.5. The third kappa shape index (κ3) is 4.25. The van der Waals surface area contributed by atoms with E-state index >= 15 is 0 Å². The SMILES string of the molecule is CCC[C@H](NC(=O)c1ccc(OC)c(OC)c1)c1ccccc1. The van der Waals surface area contributed by atoms with Gasteiger partial charge in [0.05, 0.1) is 20.3 Å². The molecule has 2 aromatic rings. The van der Waals surface area contributed by atoms with E-state index in [0.717, 1.165) is 18.4 Å². The number of amides is 1. The van der Waals surface area contributed by atoms with Gasteiger partial charge in [0.25, 0.3) is 5.91 Å². The van der Waals surface area contributed by atoms with Crippen molar-refractivity contribution < 1.29 is 14.3 Å². The Bertz CT molecular complexity index is 640. The Labute approximate surface area is 137 Å². The molecule has 0 saturated carbocycles. The van der Waals surface area contributed by atoms with Crippen LogP contribution in [0.1, 0.15) is 41.7 Å². The predicted molar refractivity (Wildman–Crippen MR) is 91.1 cm³/mol. The van der Waals surface area contributed by atoms with Crippen LogP contribution >= 0.6 is 0 Å².